The summed E-state index contributed by atoms with van der Waals surface area (Å²) in [6.07, 6.45) is 1.01. The molecule has 0 aliphatic heterocycles. The van der Waals surface area contributed by atoms with Crippen LogP contribution in [0.1, 0.15) is 5.56 Å². The van der Waals surface area contributed by atoms with Crippen molar-refractivity contribution in [1.82, 2.24) is 0 Å². The van der Waals surface area contributed by atoms with Crippen molar-refractivity contribution in [1.29, 1.82) is 0 Å². The molecule has 1 rings (SSSR count). The van der Waals surface area contributed by atoms with Crippen molar-refractivity contribution < 1.29 is 13.3 Å². The third-order valence-electron chi connectivity index (χ3n) is 1.86. The van der Waals surface area contributed by atoms with E-state index in [1.54, 1.807) is 6.92 Å². The molecule has 0 atom stereocenters. The molecule has 0 saturated carbocycles. The molecule has 1 aromatic carbocycles. The third kappa shape index (κ3) is 2.35. The molecule has 0 N–H and O–H groups in total. The van der Waals surface area contributed by atoms with E-state index in [2.05, 4.69) is 15.9 Å². The van der Waals surface area contributed by atoms with E-state index in [0.717, 1.165) is 6.26 Å². The van der Waals surface area contributed by atoms with Crippen molar-refractivity contribution in [3.63, 3.8) is 0 Å². The number of hydrogen-bond acceptors (Lipinski definition) is 4. The summed E-state index contributed by atoms with van der Waals surface area (Å²) in [5.41, 5.74) is 0.206. The van der Waals surface area contributed by atoms with Gasteiger partial charge in [-0.15, -0.1) is 0 Å². The summed E-state index contributed by atoms with van der Waals surface area (Å²) >= 11 is 2.95. The molecule has 0 spiro atoms. The lowest BCUT2D eigenvalue weighted by Gasteiger charge is -2.04. The number of nitro benzene ring substituents is 1. The maximum atomic E-state index is 11.3. The zero-order valence-corrected chi connectivity index (χ0v) is 10.4. The SMILES string of the molecule is Cc1ccc(S(C)(=O)=O)c(Br)c1[N+](=O)[O-]. The van der Waals surface area contributed by atoms with Crippen molar-refractivity contribution in [2.24, 2.45) is 0 Å². The van der Waals surface area contributed by atoms with E-state index in [0.29, 0.717) is 5.56 Å². The van der Waals surface area contributed by atoms with E-state index < -0.39 is 14.8 Å². The lowest BCUT2D eigenvalue weighted by atomic mass is 10.2. The van der Waals surface area contributed by atoms with Gasteiger partial charge < -0.3 is 0 Å². The molecule has 1 aromatic rings. The van der Waals surface area contributed by atoms with Crippen LogP contribution in [0.3, 0.4) is 0 Å². The smallest absolute Gasteiger partial charge is 0.258 e. The largest absolute Gasteiger partial charge is 0.287 e. The monoisotopic (exact) mass is 293 g/mol. The maximum Gasteiger partial charge on any atom is 0.287 e. The second-order valence-electron chi connectivity index (χ2n) is 3.07. The molecule has 82 valence electrons. The van der Waals surface area contributed by atoms with Crippen LogP contribution in [0.2, 0.25) is 0 Å². The topological polar surface area (TPSA) is 77.3 Å². The molecule has 5 nitrogen and oxygen atoms in total. The fourth-order valence-corrected chi connectivity index (χ4v) is 3.36. The highest BCUT2D eigenvalue weighted by atomic mass is 79.9. The van der Waals surface area contributed by atoms with Gasteiger partial charge in [0.05, 0.1) is 9.82 Å². The Morgan fingerprint density at radius 1 is 1.40 bits per heavy atom. The summed E-state index contributed by atoms with van der Waals surface area (Å²) in [6.45, 7) is 1.55. The van der Waals surface area contributed by atoms with Crippen LogP contribution in [0.25, 0.3) is 0 Å². The zero-order valence-electron chi connectivity index (χ0n) is 8.02. The van der Waals surface area contributed by atoms with Gasteiger partial charge in [-0.05, 0) is 28.9 Å². The van der Waals surface area contributed by atoms with E-state index >= 15 is 0 Å². The van der Waals surface area contributed by atoms with E-state index in [1.807, 2.05) is 0 Å². The molecule has 0 aromatic heterocycles. The molecular formula is C8H8BrNO4S. The first-order valence-corrected chi connectivity index (χ1v) is 6.57. The first-order valence-electron chi connectivity index (χ1n) is 3.88. The Bertz CT molecular complexity index is 524. The third-order valence-corrected chi connectivity index (χ3v) is 4.07. The average molecular weight is 294 g/mol. The number of hydrogen-bond donors (Lipinski definition) is 0. The van der Waals surface area contributed by atoms with Crippen LogP contribution in [0.4, 0.5) is 5.69 Å². The van der Waals surface area contributed by atoms with E-state index in [1.165, 1.54) is 12.1 Å². The number of nitro groups is 1. The van der Waals surface area contributed by atoms with Gasteiger partial charge in [0, 0.05) is 11.8 Å². The molecule has 0 aliphatic carbocycles. The highest BCUT2D eigenvalue weighted by molar-refractivity contribution is 9.10. The van der Waals surface area contributed by atoms with E-state index in [-0.39, 0.29) is 15.1 Å². The van der Waals surface area contributed by atoms with E-state index in [9.17, 15) is 18.5 Å². The normalized spacial score (nSPS) is 11.4. The Morgan fingerprint density at radius 2 is 1.93 bits per heavy atom. The van der Waals surface area contributed by atoms with Crippen LogP contribution < -0.4 is 0 Å². The number of nitrogens with zero attached hydrogens (tertiary/aromatic N) is 1. The molecule has 0 heterocycles. The van der Waals surface area contributed by atoms with Gasteiger partial charge in [-0.25, -0.2) is 8.42 Å². The Hall–Kier alpha value is -0.950. The Labute approximate surface area is 95.3 Å². The number of rotatable bonds is 2. The predicted octanol–water partition coefficient (Wildman–Crippen LogP) is 2.07. The quantitative estimate of drug-likeness (QED) is 0.618. The number of aryl methyl sites for hydroxylation is 1. The molecule has 0 fully saturated rings. The minimum Gasteiger partial charge on any atom is -0.258 e. The van der Waals surface area contributed by atoms with Crippen LogP contribution in [-0.4, -0.2) is 19.6 Å². The Kier molecular flexibility index (Phi) is 3.15. The highest BCUT2D eigenvalue weighted by Gasteiger charge is 2.23. The van der Waals surface area contributed by atoms with Gasteiger partial charge in [0.2, 0.25) is 0 Å². The van der Waals surface area contributed by atoms with Crippen LogP contribution in [0.5, 0.6) is 0 Å². The second kappa shape index (κ2) is 3.90. The maximum absolute atomic E-state index is 11.3. The number of sulfone groups is 1. The molecule has 0 unspecified atom stereocenters. The standard InChI is InChI=1S/C8H8BrNO4S/c1-5-3-4-6(15(2,13)14)7(9)8(5)10(11)12/h3-4H,1-2H3. The summed E-state index contributed by atoms with van der Waals surface area (Å²) in [4.78, 5) is 10.0. The first kappa shape index (κ1) is 12.1. The van der Waals surface area contributed by atoms with Crippen LogP contribution in [0.15, 0.2) is 21.5 Å². The van der Waals surface area contributed by atoms with Gasteiger partial charge in [0.1, 0.15) is 4.47 Å². The number of benzene rings is 1. The molecular weight excluding hydrogens is 286 g/mol. The number of halogens is 1. The second-order valence-corrected chi connectivity index (χ2v) is 5.85. The zero-order chi connectivity index (χ0) is 11.8. The molecule has 0 saturated heterocycles. The Morgan fingerprint density at radius 3 is 2.33 bits per heavy atom. The van der Waals surface area contributed by atoms with Gasteiger partial charge >= 0.3 is 0 Å². The van der Waals surface area contributed by atoms with Gasteiger partial charge in [0.15, 0.2) is 9.84 Å². The molecule has 7 heteroatoms. The molecule has 0 amide bonds. The summed E-state index contributed by atoms with van der Waals surface area (Å²) < 4.78 is 22.6. The summed E-state index contributed by atoms with van der Waals surface area (Å²) in [7, 11) is -3.46. The summed E-state index contributed by atoms with van der Waals surface area (Å²) in [5.74, 6) is 0. The molecule has 0 bridgehead atoms. The van der Waals surface area contributed by atoms with Gasteiger partial charge in [0.25, 0.3) is 5.69 Å². The predicted molar refractivity (Wildman–Crippen MR) is 58.6 cm³/mol. The van der Waals surface area contributed by atoms with E-state index in [4.69, 9.17) is 0 Å². The van der Waals surface area contributed by atoms with Gasteiger partial charge in [-0.2, -0.15) is 0 Å². The lowest BCUT2D eigenvalue weighted by molar-refractivity contribution is -0.386. The van der Waals surface area contributed by atoms with Crippen LogP contribution >= 0.6 is 15.9 Å². The average Bonchev–Trinajstić information content (AvgIpc) is 2.00. The minimum atomic E-state index is -3.46. The summed E-state index contributed by atoms with van der Waals surface area (Å²) in [5, 5.41) is 10.7. The Balaban J connectivity index is 3.64. The van der Waals surface area contributed by atoms with Crippen molar-refractivity contribution in [2.45, 2.75) is 11.8 Å². The van der Waals surface area contributed by atoms with Crippen LogP contribution in [-0.2, 0) is 9.84 Å². The van der Waals surface area contributed by atoms with Crippen molar-refractivity contribution in [2.75, 3.05) is 6.26 Å². The molecule has 0 aliphatic rings. The first-order chi connectivity index (χ1) is 6.75. The van der Waals surface area contributed by atoms with Crippen LogP contribution in [0, 0.1) is 17.0 Å². The molecule has 15 heavy (non-hydrogen) atoms. The van der Waals surface area contributed by atoms with Crippen molar-refractivity contribution >= 4 is 31.5 Å². The van der Waals surface area contributed by atoms with Gasteiger partial charge in [-0.1, -0.05) is 6.07 Å². The lowest BCUT2D eigenvalue weighted by Crippen LogP contribution is -2.02. The highest BCUT2D eigenvalue weighted by Crippen LogP contribution is 2.34. The minimum absolute atomic E-state index is 0.00926. The fourth-order valence-electron chi connectivity index (χ4n) is 1.15. The summed E-state index contributed by atoms with van der Waals surface area (Å²) in [6, 6.07) is 2.76. The molecule has 0 radical (unpaired) electrons. The van der Waals surface area contributed by atoms with Crippen molar-refractivity contribution in [3.8, 4) is 0 Å². The fraction of sp³-hybridized carbons (Fsp3) is 0.250. The van der Waals surface area contributed by atoms with Crippen molar-refractivity contribution in [3.05, 3.63) is 32.3 Å². The van der Waals surface area contributed by atoms with Gasteiger partial charge in [-0.3, -0.25) is 10.1 Å².